The van der Waals surface area contributed by atoms with Crippen LogP contribution in [0, 0.1) is 0 Å². The lowest BCUT2D eigenvalue weighted by molar-refractivity contribution is 0.262. The predicted molar refractivity (Wildman–Crippen MR) is 90.7 cm³/mol. The molecule has 0 unspecified atom stereocenters. The van der Waals surface area contributed by atoms with Gasteiger partial charge in [0.15, 0.2) is 11.5 Å². The van der Waals surface area contributed by atoms with E-state index in [1.165, 1.54) is 21.3 Å². The average Bonchev–Trinajstić information content (AvgIpc) is 2.53. The zero-order valence-electron chi connectivity index (χ0n) is 12.8. The largest absolute Gasteiger partial charge is 0.493 e. The Bertz CT molecular complexity index is 684. The number of benzene rings is 1. The van der Waals surface area contributed by atoms with Crippen molar-refractivity contribution < 1.29 is 19.0 Å². The van der Waals surface area contributed by atoms with E-state index in [0.29, 0.717) is 28.8 Å². The van der Waals surface area contributed by atoms with Gasteiger partial charge in [-0.15, -0.1) is 0 Å². The topological polar surface area (TPSA) is 81.7 Å². The predicted octanol–water partition coefficient (Wildman–Crippen LogP) is 3.51. The fraction of sp³-hybridized carbons (Fsp3) is 0.200. The van der Waals surface area contributed by atoms with Gasteiger partial charge in [-0.25, -0.2) is 9.78 Å². The first-order valence-electron chi connectivity index (χ1n) is 6.57. The third-order valence-corrected chi connectivity index (χ3v) is 3.38. The van der Waals surface area contributed by atoms with Crippen LogP contribution in [0.15, 0.2) is 34.9 Å². The number of urea groups is 1. The van der Waals surface area contributed by atoms with E-state index >= 15 is 0 Å². The van der Waals surface area contributed by atoms with Crippen molar-refractivity contribution in [2.45, 2.75) is 0 Å². The van der Waals surface area contributed by atoms with E-state index in [9.17, 15) is 4.79 Å². The molecule has 8 heteroatoms. The molecule has 2 N–H and O–H groups in total. The Hall–Kier alpha value is -2.48. The van der Waals surface area contributed by atoms with Crippen LogP contribution in [0.1, 0.15) is 0 Å². The number of pyridine rings is 1. The SMILES string of the molecule is COc1cc(NC(=O)Nc2cc(Br)ccn2)cc(OC)c1OC. The maximum Gasteiger partial charge on any atom is 0.324 e. The van der Waals surface area contributed by atoms with Gasteiger partial charge >= 0.3 is 6.03 Å². The Kier molecular flexibility index (Phi) is 5.64. The number of nitrogens with one attached hydrogen (secondary N) is 2. The summed E-state index contributed by atoms with van der Waals surface area (Å²) in [5, 5.41) is 5.32. The third kappa shape index (κ3) is 4.26. The number of rotatable bonds is 5. The molecule has 0 saturated carbocycles. The number of nitrogens with zero attached hydrogens (tertiary/aromatic N) is 1. The molecule has 0 aliphatic carbocycles. The molecule has 0 saturated heterocycles. The summed E-state index contributed by atoms with van der Waals surface area (Å²) >= 11 is 3.31. The zero-order valence-corrected chi connectivity index (χ0v) is 14.4. The minimum absolute atomic E-state index is 0.421. The van der Waals surface area contributed by atoms with Gasteiger partial charge in [-0.3, -0.25) is 5.32 Å². The standard InChI is InChI=1S/C15H16BrN3O4/c1-21-11-7-10(8-12(22-2)14(11)23-3)18-15(20)19-13-6-9(16)4-5-17-13/h4-8H,1-3H3,(H2,17,18,19,20). The first kappa shape index (κ1) is 16.9. The van der Waals surface area contributed by atoms with E-state index < -0.39 is 6.03 Å². The van der Waals surface area contributed by atoms with Crippen molar-refractivity contribution in [3.63, 3.8) is 0 Å². The molecular weight excluding hydrogens is 366 g/mol. The van der Waals surface area contributed by atoms with Crippen LogP contribution in [-0.4, -0.2) is 32.3 Å². The highest BCUT2D eigenvalue weighted by Gasteiger charge is 2.14. The number of aromatic nitrogens is 1. The normalized spacial score (nSPS) is 9.91. The summed E-state index contributed by atoms with van der Waals surface area (Å²) in [6.07, 6.45) is 1.58. The lowest BCUT2D eigenvalue weighted by Crippen LogP contribution is -2.20. The monoisotopic (exact) mass is 381 g/mol. The zero-order chi connectivity index (χ0) is 16.8. The van der Waals surface area contributed by atoms with E-state index in [1.54, 1.807) is 30.5 Å². The lowest BCUT2D eigenvalue weighted by Gasteiger charge is -2.14. The van der Waals surface area contributed by atoms with Crippen molar-refractivity contribution in [1.29, 1.82) is 0 Å². The first-order valence-corrected chi connectivity index (χ1v) is 7.36. The van der Waals surface area contributed by atoms with Crippen LogP contribution < -0.4 is 24.8 Å². The third-order valence-electron chi connectivity index (χ3n) is 2.89. The van der Waals surface area contributed by atoms with Crippen LogP contribution in [-0.2, 0) is 0 Å². The van der Waals surface area contributed by atoms with Crippen molar-refractivity contribution >= 4 is 33.5 Å². The maximum atomic E-state index is 12.1. The minimum atomic E-state index is -0.440. The smallest absolute Gasteiger partial charge is 0.324 e. The minimum Gasteiger partial charge on any atom is -0.493 e. The molecule has 0 atom stereocenters. The van der Waals surface area contributed by atoms with Crippen LogP contribution >= 0.6 is 15.9 Å². The molecule has 0 bridgehead atoms. The molecule has 0 fully saturated rings. The van der Waals surface area contributed by atoms with Gasteiger partial charge in [-0.1, -0.05) is 15.9 Å². The molecule has 1 heterocycles. The van der Waals surface area contributed by atoms with Gasteiger partial charge in [0.25, 0.3) is 0 Å². The second-order valence-electron chi connectivity index (χ2n) is 4.35. The number of methoxy groups -OCH3 is 3. The summed E-state index contributed by atoms with van der Waals surface area (Å²) in [5.41, 5.74) is 0.493. The summed E-state index contributed by atoms with van der Waals surface area (Å²) in [4.78, 5) is 16.1. The number of carbonyl (C=O) groups excluding carboxylic acids is 1. The van der Waals surface area contributed by atoms with Crippen molar-refractivity contribution in [1.82, 2.24) is 4.98 Å². The lowest BCUT2D eigenvalue weighted by atomic mass is 10.2. The number of hydrogen-bond acceptors (Lipinski definition) is 5. The van der Waals surface area contributed by atoms with E-state index in [0.717, 1.165) is 4.47 Å². The molecule has 122 valence electrons. The van der Waals surface area contributed by atoms with E-state index in [4.69, 9.17) is 14.2 Å². The van der Waals surface area contributed by atoms with Crippen molar-refractivity contribution in [3.8, 4) is 17.2 Å². The molecule has 2 rings (SSSR count). The van der Waals surface area contributed by atoms with Gasteiger partial charge in [0.2, 0.25) is 5.75 Å². The van der Waals surface area contributed by atoms with Crippen LogP contribution in [0.5, 0.6) is 17.2 Å². The molecule has 2 aromatic rings. The van der Waals surface area contributed by atoms with Crippen LogP contribution in [0.25, 0.3) is 0 Å². The molecule has 0 radical (unpaired) electrons. The molecule has 0 aliphatic heterocycles. The molecule has 0 spiro atoms. The fourth-order valence-corrected chi connectivity index (χ4v) is 2.24. The van der Waals surface area contributed by atoms with Gasteiger partial charge in [-0.05, 0) is 12.1 Å². The summed E-state index contributed by atoms with van der Waals surface area (Å²) in [7, 11) is 4.53. The molecule has 1 aromatic heterocycles. The highest BCUT2D eigenvalue weighted by atomic mass is 79.9. The average molecular weight is 382 g/mol. The van der Waals surface area contributed by atoms with Gasteiger partial charge in [0.05, 0.1) is 27.0 Å². The van der Waals surface area contributed by atoms with Gasteiger partial charge in [-0.2, -0.15) is 0 Å². The molecule has 0 aliphatic rings. The number of anilines is 2. The quantitative estimate of drug-likeness (QED) is 0.827. The molecule has 23 heavy (non-hydrogen) atoms. The summed E-state index contributed by atoms with van der Waals surface area (Å²) in [6.45, 7) is 0. The number of amides is 2. The van der Waals surface area contributed by atoms with Crippen molar-refractivity contribution in [2.24, 2.45) is 0 Å². The van der Waals surface area contributed by atoms with Gasteiger partial charge < -0.3 is 19.5 Å². The van der Waals surface area contributed by atoms with Gasteiger partial charge in [0.1, 0.15) is 5.82 Å². The Morgan fingerprint density at radius 3 is 2.22 bits per heavy atom. The summed E-state index contributed by atoms with van der Waals surface area (Å²) in [6, 6.07) is 6.28. The van der Waals surface area contributed by atoms with Crippen molar-refractivity contribution in [2.75, 3.05) is 32.0 Å². The maximum absolute atomic E-state index is 12.1. The number of ether oxygens (including phenoxy) is 3. The van der Waals surface area contributed by atoms with Gasteiger partial charge in [0, 0.05) is 22.8 Å². The Morgan fingerprint density at radius 2 is 1.70 bits per heavy atom. The highest BCUT2D eigenvalue weighted by Crippen LogP contribution is 2.39. The molecule has 2 amide bonds. The Labute approximate surface area is 142 Å². The second-order valence-corrected chi connectivity index (χ2v) is 5.27. The second kappa shape index (κ2) is 7.68. The summed E-state index contributed by atoms with van der Waals surface area (Å²) < 4.78 is 16.5. The Morgan fingerprint density at radius 1 is 1.04 bits per heavy atom. The number of hydrogen-bond donors (Lipinski definition) is 2. The Balaban J connectivity index is 2.17. The van der Waals surface area contributed by atoms with Crippen LogP contribution in [0.2, 0.25) is 0 Å². The van der Waals surface area contributed by atoms with E-state index in [2.05, 4.69) is 31.5 Å². The molecule has 1 aromatic carbocycles. The fourth-order valence-electron chi connectivity index (χ4n) is 1.91. The van der Waals surface area contributed by atoms with Crippen molar-refractivity contribution in [3.05, 3.63) is 34.9 Å². The molecular formula is C15H16BrN3O4. The number of halogens is 1. The van der Waals surface area contributed by atoms with Crippen LogP contribution in [0.4, 0.5) is 16.3 Å². The van der Waals surface area contributed by atoms with E-state index in [-0.39, 0.29) is 0 Å². The first-order chi connectivity index (χ1) is 11.1. The highest BCUT2D eigenvalue weighted by molar-refractivity contribution is 9.10. The molecule has 7 nitrogen and oxygen atoms in total. The van der Waals surface area contributed by atoms with Crippen LogP contribution in [0.3, 0.4) is 0 Å². The summed E-state index contributed by atoms with van der Waals surface area (Å²) in [5.74, 6) is 1.77. The number of carbonyl (C=O) groups is 1. The van der Waals surface area contributed by atoms with E-state index in [1.807, 2.05) is 0 Å².